The van der Waals surface area contributed by atoms with Crippen LogP contribution in [0.5, 0.6) is 0 Å². The SMILES string of the molecule is O=[N+]([O-])O.[O]=[Mn](=[O])(=[O])[O-]. The van der Waals surface area contributed by atoms with E-state index in [1.54, 1.807) is 0 Å². The molecule has 9 heteroatoms. The first-order valence-corrected chi connectivity index (χ1v) is 3.11. The molecule has 0 saturated carbocycles. The molecular weight excluding hydrogens is 181 g/mol. The van der Waals surface area contributed by atoms with Crippen LogP contribution in [-0.4, -0.2) is 10.3 Å². The first kappa shape index (κ1) is 11.0. The van der Waals surface area contributed by atoms with Crippen molar-refractivity contribution in [2.45, 2.75) is 0 Å². The third kappa shape index (κ3) is 216. The van der Waals surface area contributed by atoms with Crippen molar-refractivity contribution in [3.8, 4) is 0 Å². The third-order valence-corrected chi connectivity index (χ3v) is 0. The Labute approximate surface area is 50.0 Å². The summed E-state index contributed by atoms with van der Waals surface area (Å²) in [5.74, 6) is 0. The summed E-state index contributed by atoms with van der Waals surface area (Å²) in [4.78, 5) is 8.36. The van der Waals surface area contributed by atoms with Crippen molar-refractivity contribution in [3.05, 3.63) is 10.1 Å². The Hall–Kier alpha value is -0.921. The van der Waals surface area contributed by atoms with Gasteiger partial charge in [0.1, 0.15) is 0 Å². The molecular formula is HMnNO7-. The van der Waals surface area contributed by atoms with E-state index in [2.05, 4.69) is 0 Å². The zero-order valence-electron chi connectivity index (χ0n) is 3.72. The second-order valence-electron chi connectivity index (χ2n) is 0.616. The van der Waals surface area contributed by atoms with Crippen molar-refractivity contribution >= 4 is 0 Å². The topological polar surface area (TPSA) is 138 Å². The van der Waals surface area contributed by atoms with Gasteiger partial charge in [-0.15, -0.1) is 10.1 Å². The molecule has 0 unspecified atom stereocenters. The van der Waals surface area contributed by atoms with Gasteiger partial charge < -0.3 is 5.21 Å². The van der Waals surface area contributed by atoms with Gasteiger partial charge >= 0.3 is 28.7 Å². The van der Waals surface area contributed by atoms with Gasteiger partial charge in [-0.2, -0.15) is 0 Å². The summed E-state index contributed by atoms with van der Waals surface area (Å²) >= 11 is -5.62. The van der Waals surface area contributed by atoms with E-state index in [0.717, 1.165) is 0 Å². The van der Waals surface area contributed by atoms with Crippen LogP contribution in [-0.2, 0) is 24.5 Å². The average molecular weight is 182 g/mol. The molecule has 0 fully saturated rings. The molecule has 56 valence electrons. The molecule has 0 aromatic rings. The first-order chi connectivity index (χ1) is 3.73. The summed E-state index contributed by atoms with van der Waals surface area (Å²) in [5, 5.41) is 13.6. The molecule has 0 radical (unpaired) electrons. The van der Waals surface area contributed by atoms with E-state index in [1.165, 1.54) is 0 Å². The van der Waals surface area contributed by atoms with Crippen molar-refractivity contribution in [2.24, 2.45) is 0 Å². The van der Waals surface area contributed by atoms with Crippen molar-refractivity contribution in [3.63, 3.8) is 0 Å². The Bertz CT molecular complexity index is 194. The minimum absolute atomic E-state index is 1.50. The standard InChI is InChI=1S/Mn.HNO3.4O/c;2-1(3)4;;;;/h;(H,2,3,4);;;;/q;;;;;-1. The molecule has 8 nitrogen and oxygen atoms in total. The minimum atomic E-state index is -5.62. The van der Waals surface area contributed by atoms with E-state index in [-0.39, 0.29) is 0 Å². The first-order valence-electron chi connectivity index (χ1n) is 1.18. The maximum atomic E-state index is 8.58. The van der Waals surface area contributed by atoms with Gasteiger partial charge in [0.05, 0.1) is 0 Å². The van der Waals surface area contributed by atoms with E-state index in [0.29, 0.717) is 0 Å². The van der Waals surface area contributed by atoms with E-state index in [1.807, 2.05) is 0 Å². The van der Waals surface area contributed by atoms with Gasteiger partial charge in [-0.05, 0) is 0 Å². The van der Waals surface area contributed by atoms with Crippen LogP contribution in [0, 0.1) is 10.1 Å². The van der Waals surface area contributed by atoms with Crippen LogP contribution in [0.15, 0.2) is 0 Å². The molecule has 1 N–H and O–H groups in total. The zero-order chi connectivity index (χ0) is 8.08. The fourth-order valence-corrected chi connectivity index (χ4v) is 0. The van der Waals surface area contributed by atoms with E-state index in [4.69, 9.17) is 31.0 Å². The molecule has 0 aliphatic rings. The number of hydrogen-bond donors (Lipinski definition) is 1. The Morgan fingerprint density at radius 1 is 1.33 bits per heavy atom. The van der Waals surface area contributed by atoms with Crippen LogP contribution < -0.4 is 4.19 Å². The normalized spacial score (nSPS) is 9.00. The van der Waals surface area contributed by atoms with Crippen molar-refractivity contribution in [2.75, 3.05) is 0 Å². The van der Waals surface area contributed by atoms with Gasteiger partial charge in [-0.25, -0.2) is 0 Å². The predicted octanol–water partition coefficient (Wildman–Crippen LogP) is -1.90. The van der Waals surface area contributed by atoms with Crippen LogP contribution >= 0.6 is 0 Å². The summed E-state index contributed by atoms with van der Waals surface area (Å²) in [6.07, 6.45) is 0. The van der Waals surface area contributed by atoms with E-state index >= 15 is 0 Å². The number of hydrogen-bond acceptors (Lipinski definition) is 6. The van der Waals surface area contributed by atoms with Crippen LogP contribution in [0.25, 0.3) is 0 Å². The molecule has 0 saturated heterocycles. The molecule has 9 heavy (non-hydrogen) atoms. The summed E-state index contributed by atoms with van der Waals surface area (Å²) in [7, 11) is 0. The van der Waals surface area contributed by atoms with Gasteiger partial charge in [-0.1, -0.05) is 0 Å². The molecule has 0 heterocycles. The van der Waals surface area contributed by atoms with Crippen molar-refractivity contribution in [1.29, 1.82) is 0 Å². The van der Waals surface area contributed by atoms with Crippen molar-refractivity contribution < 1.29 is 39.0 Å². The van der Waals surface area contributed by atoms with Gasteiger partial charge in [0.25, 0.3) is 5.09 Å². The van der Waals surface area contributed by atoms with Crippen LogP contribution in [0.1, 0.15) is 0 Å². The second-order valence-corrected chi connectivity index (χ2v) is 1.80. The Morgan fingerprint density at radius 3 is 1.33 bits per heavy atom. The van der Waals surface area contributed by atoms with Gasteiger partial charge in [0, 0.05) is 0 Å². The zero-order valence-corrected chi connectivity index (χ0v) is 4.90. The van der Waals surface area contributed by atoms with Gasteiger partial charge in [0.15, 0.2) is 0 Å². The molecule has 0 atom stereocenters. The molecule has 0 aromatic carbocycles. The van der Waals surface area contributed by atoms with Gasteiger partial charge in [0.2, 0.25) is 0 Å². The summed E-state index contributed by atoms with van der Waals surface area (Å²) in [5.41, 5.74) is 0. The molecule has 0 aliphatic heterocycles. The Morgan fingerprint density at radius 2 is 1.33 bits per heavy atom. The molecule has 0 bridgehead atoms. The molecule has 0 rings (SSSR count). The summed E-state index contributed by atoms with van der Waals surface area (Å²) in [6.45, 7) is 0. The van der Waals surface area contributed by atoms with Crippen LogP contribution in [0.3, 0.4) is 0 Å². The third-order valence-electron chi connectivity index (χ3n) is 0. The second kappa shape index (κ2) is 4.01. The maximum absolute atomic E-state index is 8.58. The molecule has 0 spiro atoms. The van der Waals surface area contributed by atoms with Gasteiger partial charge in [-0.3, -0.25) is 0 Å². The number of nitrogens with zero attached hydrogens (tertiary/aromatic N) is 1. The summed E-state index contributed by atoms with van der Waals surface area (Å²) < 4.78 is 34.3. The van der Waals surface area contributed by atoms with E-state index < -0.39 is 18.1 Å². The fourth-order valence-electron chi connectivity index (χ4n) is 0. The number of rotatable bonds is 0. The Balaban J connectivity index is 0. The quantitative estimate of drug-likeness (QED) is 0.262. The van der Waals surface area contributed by atoms with Crippen molar-refractivity contribution in [1.82, 2.24) is 0 Å². The summed E-state index contributed by atoms with van der Waals surface area (Å²) in [6, 6.07) is 0. The average Bonchev–Trinajstić information content (AvgIpc) is 1.19. The molecule has 0 aromatic heterocycles. The Kier molecular flexibility index (Phi) is 4.88. The molecule has 0 aliphatic carbocycles. The predicted molar refractivity (Wildman–Crippen MR) is 10.8 cm³/mol. The monoisotopic (exact) mass is 182 g/mol. The fraction of sp³-hybridized carbons (Fsp3) is 0. The molecule has 0 amide bonds. The van der Waals surface area contributed by atoms with E-state index in [9.17, 15) is 0 Å². The van der Waals surface area contributed by atoms with Crippen LogP contribution in [0.2, 0.25) is 0 Å². The van der Waals surface area contributed by atoms with Crippen LogP contribution in [0.4, 0.5) is 0 Å².